The van der Waals surface area contributed by atoms with E-state index in [0.717, 1.165) is 0 Å². The van der Waals surface area contributed by atoms with Crippen LogP contribution in [0.5, 0.6) is 0 Å². The lowest BCUT2D eigenvalue weighted by molar-refractivity contribution is -0.240. The fourth-order valence-electron chi connectivity index (χ4n) is 3.15. The average molecular weight is 352 g/mol. The summed E-state index contributed by atoms with van der Waals surface area (Å²) >= 11 is 0. The Morgan fingerprint density at radius 1 is 1.36 bits per heavy atom. The van der Waals surface area contributed by atoms with Gasteiger partial charge in [-0.2, -0.15) is 0 Å². The van der Waals surface area contributed by atoms with Crippen molar-refractivity contribution >= 4 is 17.7 Å². The molecule has 0 aromatic heterocycles. The van der Waals surface area contributed by atoms with Gasteiger partial charge < -0.3 is 18.9 Å². The number of hydrogen-bond donors (Lipinski definition) is 0. The first kappa shape index (κ1) is 19.3. The van der Waals surface area contributed by atoms with Crippen molar-refractivity contribution in [3.8, 4) is 0 Å². The maximum Gasteiger partial charge on any atom is 0.316 e. The highest BCUT2D eigenvalue weighted by Gasteiger charge is 2.60. The Balaban J connectivity index is 2.35. The molecule has 1 unspecified atom stereocenters. The van der Waals surface area contributed by atoms with E-state index in [0.29, 0.717) is 6.42 Å². The van der Waals surface area contributed by atoms with Crippen LogP contribution in [0.25, 0.3) is 0 Å². The predicted molar refractivity (Wildman–Crippen MR) is 87.4 cm³/mol. The molecular formula is C18H24O7. The summed E-state index contributed by atoms with van der Waals surface area (Å²) in [6.07, 6.45) is 5.06. The number of esters is 2. The van der Waals surface area contributed by atoms with Gasteiger partial charge in [-0.15, -0.1) is 6.58 Å². The van der Waals surface area contributed by atoms with Gasteiger partial charge in [0.15, 0.2) is 5.78 Å². The van der Waals surface area contributed by atoms with E-state index in [-0.39, 0.29) is 19.6 Å². The largest absolute Gasteiger partial charge is 0.466 e. The summed E-state index contributed by atoms with van der Waals surface area (Å²) in [5, 5.41) is 0. The van der Waals surface area contributed by atoms with Crippen molar-refractivity contribution in [1.82, 2.24) is 0 Å². The maximum absolute atomic E-state index is 12.9. The SMILES string of the molecule is C=CCCOC(=O)C1C[C@@H](C(=O)OCC)[C@@]2(OC)C=C[C@](C)(O2)C1=O. The highest BCUT2D eigenvalue weighted by molar-refractivity contribution is 6.05. The normalized spacial score (nSPS) is 33.6. The minimum absolute atomic E-state index is 0.0988. The van der Waals surface area contributed by atoms with Gasteiger partial charge in [-0.1, -0.05) is 6.08 Å². The van der Waals surface area contributed by atoms with Crippen LogP contribution >= 0.6 is 0 Å². The third kappa shape index (κ3) is 3.52. The maximum atomic E-state index is 12.9. The van der Waals surface area contributed by atoms with Gasteiger partial charge in [0.1, 0.15) is 17.4 Å². The van der Waals surface area contributed by atoms with E-state index in [4.69, 9.17) is 18.9 Å². The summed E-state index contributed by atoms with van der Waals surface area (Å²) in [4.78, 5) is 37.8. The van der Waals surface area contributed by atoms with Crippen molar-refractivity contribution in [2.24, 2.45) is 11.8 Å². The molecule has 2 bridgehead atoms. The molecule has 138 valence electrons. The molecule has 2 aliphatic heterocycles. The van der Waals surface area contributed by atoms with E-state index in [1.807, 2.05) is 0 Å². The van der Waals surface area contributed by atoms with E-state index in [1.165, 1.54) is 13.2 Å². The average Bonchev–Trinajstić information content (AvgIpc) is 2.90. The zero-order chi connectivity index (χ0) is 18.7. The summed E-state index contributed by atoms with van der Waals surface area (Å²) < 4.78 is 21.5. The molecule has 2 rings (SSSR count). The molecule has 1 saturated heterocycles. The Hall–Kier alpha value is -1.99. The van der Waals surface area contributed by atoms with Crippen molar-refractivity contribution in [2.75, 3.05) is 20.3 Å². The van der Waals surface area contributed by atoms with Crippen molar-refractivity contribution < 1.29 is 33.3 Å². The summed E-state index contributed by atoms with van der Waals surface area (Å²) in [5.74, 6) is -5.26. The topological polar surface area (TPSA) is 88.1 Å². The van der Waals surface area contributed by atoms with Crippen LogP contribution < -0.4 is 0 Å². The van der Waals surface area contributed by atoms with Crippen LogP contribution in [0.1, 0.15) is 26.7 Å². The Morgan fingerprint density at radius 2 is 2.08 bits per heavy atom. The molecule has 0 spiro atoms. The Morgan fingerprint density at radius 3 is 2.68 bits per heavy atom. The van der Waals surface area contributed by atoms with Crippen LogP contribution in [0.3, 0.4) is 0 Å². The fourth-order valence-corrected chi connectivity index (χ4v) is 3.15. The Kier molecular flexibility index (Phi) is 5.80. The molecule has 0 saturated carbocycles. The quantitative estimate of drug-likeness (QED) is 0.297. The first-order chi connectivity index (χ1) is 11.8. The van der Waals surface area contributed by atoms with Crippen LogP contribution in [0, 0.1) is 11.8 Å². The molecular weight excluding hydrogens is 328 g/mol. The van der Waals surface area contributed by atoms with Gasteiger partial charge >= 0.3 is 11.9 Å². The predicted octanol–water partition coefficient (Wildman–Crippen LogP) is 1.56. The molecule has 25 heavy (non-hydrogen) atoms. The number of carbonyl (C=O) groups is 3. The van der Waals surface area contributed by atoms with Crippen LogP contribution in [0.4, 0.5) is 0 Å². The van der Waals surface area contributed by atoms with E-state index < -0.39 is 40.9 Å². The zero-order valence-electron chi connectivity index (χ0n) is 14.8. The number of ketones is 1. The van der Waals surface area contributed by atoms with Gasteiger partial charge in [0.2, 0.25) is 5.79 Å². The van der Waals surface area contributed by atoms with Crippen molar-refractivity contribution in [1.29, 1.82) is 0 Å². The van der Waals surface area contributed by atoms with E-state index in [1.54, 1.807) is 26.0 Å². The second-order valence-corrected chi connectivity index (χ2v) is 6.17. The van der Waals surface area contributed by atoms with Crippen LogP contribution in [0.2, 0.25) is 0 Å². The van der Waals surface area contributed by atoms with E-state index in [2.05, 4.69) is 6.58 Å². The van der Waals surface area contributed by atoms with E-state index in [9.17, 15) is 14.4 Å². The van der Waals surface area contributed by atoms with Gasteiger partial charge in [-0.3, -0.25) is 14.4 Å². The summed E-state index contributed by atoms with van der Waals surface area (Å²) in [6, 6.07) is 0. The molecule has 7 nitrogen and oxygen atoms in total. The molecule has 0 aliphatic carbocycles. The van der Waals surface area contributed by atoms with Gasteiger partial charge in [-0.25, -0.2) is 0 Å². The zero-order valence-corrected chi connectivity index (χ0v) is 14.8. The number of ether oxygens (including phenoxy) is 4. The van der Waals surface area contributed by atoms with Gasteiger partial charge in [0.05, 0.1) is 13.2 Å². The number of hydrogen-bond acceptors (Lipinski definition) is 7. The van der Waals surface area contributed by atoms with Crippen LogP contribution in [-0.2, 0) is 33.3 Å². The molecule has 7 heteroatoms. The lowest BCUT2D eigenvalue weighted by Gasteiger charge is -2.33. The van der Waals surface area contributed by atoms with Crippen molar-refractivity contribution in [3.05, 3.63) is 24.8 Å². The minimum Gasteiger partial charge on any atom is -0.466 e. The first-order valence-corrected chi connectivity index (χ1v) is 8.27. The lowest BCUT2D eigenvalue weighted by Crippen LogP contribution is -2.46. The number of carbonyl (C=O) groups excluding carboxylic acids is 3. The second-order valence-electron chi connectivity index (χ2n) is 6.17. The van der Waals surface area contributed by atoms with Gasteiger partial charge in [0, 0.05) is 7.11 Å². The van der Waals surface area contributed by atoms with Gasteiger partial charge in [-0.05, 0) is 38.8 Å². The molecule has 0 aromatic rings. The molecule has 0 N–H and O–H groups in total. The number of Topliss-reactive ketones (excluding diaryl/α,β-unsaturated/α-hetero) is 1. The highest BCUT2D eigenvalue weighted by Crippen LogP contribution is 2.46. The number of methoxy groups -OCH3 is 1. The first-order valence-electron chi connectivity index (χ1n) is 8.27. The lowest BCUT2D eigenvalue weighted by atomic mass is 9.81. The van der Waals surface area contributed by atoms with Gasteiger partial charge in [0.25, 0.3) is 0 Å². The summed E-state index contributed by atoms with van der Waals surface area (Å²) in [5.41, 5.74) is -1.36. The minimum atomic E-state index is -1.44. The molecule has 0 amide bonds. The molecule has 2 aliphatic rings. The number of rotatable bonds is 7. The van der Waals surface area contributed by atoms with Crippen molar-refractivity contribution in [2.45, 2.75) is 38.1 Å². The monoisotopic (exact) mass is 352 g/mol. The van der Waals surface area contributed by atoms with E-state index >= 15 is 0 Å². The van der Waals surface area contributed by atoms with Crippen LogP contribution in [-0.4, -0.2) is 49.4 Å². The third-order valence-electron chi connectivity index (χ3n) is 4.51. The second kappa shape index (κ2) is 7.49. The van der Waals surface area contributed by atoms with Crippen LogP contribution in [0.15, 0.2) is 24.8 Å². The molecule has 4 atom stereocenters. The molecule has 1 fully saturated rings. The smallest absolute Gasteiger partial charge is 0.316 e. The third-order valence-corrected chi connectivity index (χ3v) is 4.51. The molecule has 0 aromatic carbocycles. The number of fused-ring (bicyclic) bond motifs is 2. The fraction of sp³-hybridized carbons (Fsp3) is 0.611. The Labute approximate surface area is 146 Å². The highest BCUT2D eigenvalue weighted by atomic mass is 16.7. The Bertz CT molecular complexity index is 596. The van der Waals surface area contributed by atoms with Crippen molar-refractivity contribution in [3.63, 3.8) is 0 Å². The molecule has 0 radical (unpaired) electrons. The molecule has 2 heterocycles. The standard InChI is InChI=1S/C18H24O7/c1-5-7-10-24-15(20)12-11-13(16(21)23-6-2)18(22-4)9-8-17(3,25-18)14(12)19/h5,8-9,12-13H,1,6-7,10-11H2,2-4H3/t12?,13-,17-,18+/m0/s1. The summed E-state index contributed by atoms with van der Waals surface area (Å²) in [6.45, 7) is 7.06. The summed E-state index contributed by atoms with van der Waals surface area (Å²) in [7, 11) is 1.38.